The summed E-state index contributed by atoms with van der Waals surface area (Å²) in [5.74, 6) is 5.74. The minimum absolute atomic E-state index is 1.09. The van der Waals surface area contributed by atoms with E-state index in [1.54, 1.807) is 19.3 Å². The highest BCUT2D eigenvalue weighted by molar-refractivity contribution is 5.12. The predicted octanol–water partition coefficient (Wildman–Crippen LogP) is 1.50. The van der Waals surface area contributed by atoms with Gasteiger partial charge in [0.1, 0.15) is 0 Å². The Morgan fingerprint density at radius 2 is 1.82 bits per heavy atom. The lowest BCUT2D eigenvalue weighted by molar-refractivity contribution is 0.452. The number of hydrogen-bond donors (Lipinski definition) is 1. The van der Waals surface area contributed by atoms with Gasteiger partial charge in [-0.05, 0) is 62.4 Å². The maximum Gasteiger partial charge on any atom is -0.00178 e. The van der Waals surface area contributed by atoms with Crippen molar-refractivity contribution < 1.29 is 0 Å². The van der Waals surface area contributed by atoms with Crippen molar-refractivity contribution in [2.45, 2.75) is 19.3 Å². The highest BCUT2D eigenvalue weighted by Gasteiger charge is 2.64. The van der Waals surface area contributed by atoms with Gasteiger partial charge in [0.05, 0.1) is 0 Å². The van der Waals surface area contributed by atoms with Crippen LogP contribution in [-0.4, -0.2) is 13.6 Å². The Balaban J connectivity index is 1.72. The van der Waals surface area contributed by atoms with Crippen LogP contribution < -0.4 is 5.32 Å². The monoisotopic (exact) mass is 151 g/mol. The minimum atomic E-state index is 1.09. The molecule has 3 saturated carbocycles. The van der Waals surface area contributed by atoms with Crippen LogP contribution in [0.4, 0.5) is 0 Å². The lowest BCUT2D eigenvalue weighted by Crippen LogP contribution is -2.14. The largest absolute Gasteiger partial charge is 0.319 e. The SMILES string of the molecule is CNCC1C2C3CCC(C3)C12. The Hall–Kier alpha value is -0.0400. The second-order valence-electron chi connectivity index (χ2n) is 4.71. The molecule has 0 aromatic heterocycles. The molecule has 0 aromatic rings. The molecule has 2 bridgehead atoms. The van der Waals surface area contributed by atoms with Crippen molar-refractivity contribution in [2.24, 2.45) is 29.6 Å². The van der Waals surface area contributed by atoms with E-state index in [9.17, 15) is 0 Å². The summed E-state index contributed by atoms with van der Waals surface area (Å²) in [6.45, 7) is 1.29. The predicted molar refractivity (Wildman–Crippen MR) is 45.2 cm³/mol. The number of fused-ring (bicyclic) bond motifs is 5. The maximum absolute atomic E-state index is 3.33. The van der Waals surface area contributed by atoms with Crippen LogP contribution in [0.1, 0.15) is 19.3 Å². The summed E-state index contributed by atoms with van der Waals surface area (Å²) in [7, 11) is 2.09. The molecule has 0 amide bonds. The van der Waals surface area contributed by atoms with Gasteiger partial charge in [0, 0.05) is 0 Å². The first-order valence-corrected chi connectivity index (χ1v) is 5.06. The van der Waals surface area contributed by atoms with Gasteiger partial charge in [0.25, 0.3) is 0 Å². The van der Waals surface area contributed by atoms with Crippen LogP contribution >= 0.6 is 0 Å². The first-order valence-electron chi connectivity index (χ1n) is 5.06. The lowest BCUT2D eigenvalue weighted by atomic mass is 10.0. The molecule has 3 rings (SSSR count). The van der Waals surface area contributed by atoms with Gasteiger partial charge in [0.2, 0.25) is 0 Å². The first kappa shape index (κ1) is 6.47. The maximum atomic E-state index is 3.33. The summed E-state index contributed by atoms with van der Waals surface area (Å²) < 4.78 is 0. The van der Waals surface area contributed by atoms with E-state index in [0.29, 0.717) is 0 Å². The molecule has 0 aliphatic heterocycles. The van der Waals surface area contributed by atoms with Crippen LogP contribution in [-0.2, 0) is 0 Å². The molecule has 0 saturated heterocycles. The van der Waals surface area contributed by atoms with Gasteiger partial charge in [-0.2, -0.15) is 0 Å². The molecule has 0 aromatic carbocycles. The molecule has 3 fully saturated rings. The van der Waals surface area contributed by atoms with Crippen molar-refractivity contribution in [3.8, 4) is 0 Å². The zero-order valence-electron chi connectivity index (χ0n) is 7.22. The van der Waals surface area contributed by atoms with Gasteiger partial charge in [-0.1, -0.05) is 0 Å². The fraction of sp³-hybridized carbons (Fsp3) is 1.00. The molecule has 1 N–H and O–H groups in total. The fourth-order valence-electron chi connectivity index (χ4n) is 4.02. The molecule has 0 heterocycles. The summed E-state index contributed by atoms with van der Waals surface area (Å²) in [6, 6.07) is 0. The summed E-state index contributed by atoms with van der Waals surface area (Å²) in [6.07, 6.45) is 4.72. The number of nitrogens with one attached hydrogen (secondary N) is 1. The average molecular weight is 151 g/mol. The van der Waals surface area contributed by atoms with Crippen molar-refractivity contribution in [3.05, 3.63) is 0 Å². The van der Waals surface area contributed by atoms with E-state index in [0.717, 1.165) is 17.8 Å². The standard InChI is InChI=1S/C10H17N/c1-11-5-8-9-6-2-3-7(4-6)10(8)9/h6-11H,2-5H2,1H3. The number of rotatable bonds is 2. The van der Waals surface area contributed by atoms with Gasteiger partial charge < -0.3 is 5.32 Å². The molecule has 3 aliphatic carbocycles. The molecule has 1 nitrogen and oxygen atoms in total. The second kappa shape index (κ2) is 2.01. The van der Waals surface area contributed by atoms with Gasteiger partial charge in [0.15, 0.2) is 0 Å². The third-order valence-corrected chi connectivity index (χ3v) is 4.33. The van der Waals surface area contributed by atoms with Gasteiger partial charge in [-0.3, -0.25) is 0 Å². The van der Waals surface area contributed by atoms with Gasteiger partial charge in [-0.25, -0.2) is 0 Å². The third-order valence-electron chi connectivity index (χ3n) is 4.33. The molecule has 0 spiro atoms. The molecular weight excluding hydrogens is 134 g/mol. The molecule has 62 valence electrons. The summed E-state index contributed by atoms with van der Waals surface area (Å²) in [5.41, 5.74) is 0. The summed E-state index contributed by atoms with van der Waals surface area (Å²) >= 11 is 0. The van der Waals surface area contributed by atoms with Crippen molar-refractivity contribution in [2.75, 3.05) is 13.6 Å². The van der Waals surface area contributed by atoms with E-state index in [1.807, 2.05) is 0 Å². The van der Waals surface area contributed by atoms with Crippen molar-refractivity contribution >= 4 is 0 Å². The molecule has 11 heavy (non-hydrogen) atoms. The van der Waals surface area contributed by atoms with E-state index >= 15 is 0 Å². The third kappa shape index (κ3) is 0.703. The molecule has 1 heteroatoms. The average Bonchev–Trinajstić information content (AvgIpc) is 2.43. The highest BCUT2D eigenvalue weighted by atomic mass is 14.9. The Kier molecular flexibility index (Phi) is 1.18. The zero-order valence-corrected chi connectivity index (χ0v) is 7.22. The van der Waals surface area contributed by atoms with E-state index in [4.69, 9.17) is 0 Å². The Morgan fingerprint density at radius 1 is 1.18 bits per heavy atom. The molecule has 4 atom stereocenters. The first-order chi connectivity index (χ1) is 5.42. The van der Waals surface area contributed by atoms with E-state index in [1.165, 1.54) is 18.4 Å². The second-order valence-corrected chi connectivity index (χ2v) is 4.71. The van der Waals surface area contributed by atoms with Crippen LogP contribution in [0.5, 0.6) is 0 Å². The van der Waals surface area contributed by atoms with Crippen LogP contribution in [0.2, 0.25) is 0 Å². The van der Waals surface area contributed by atoms with E-state index < -0.39 is 0 Å². The van der Waals surface area contributed by atoms with Crippen molar-refractivity contribution in [3.63, 3.8) is 0 Å². The topological polar surface area (TPSA) is 12.0 Å². The molecule has 0 radical (unpaired) electrons. The van der Waals surface area contributed by atoms with Gasteiger partial charge >= 0.3 is 0 Å². The molecule has 4 unspecified atom stereocenters. The fourth-order valence-corrected chi connectivity index (χ4v) is 4.02. The zero-order chi connectivity index (χ0) is 7.42. The summed E-state index contributed by atoms with van der Waals surface area (Å²) in [5, 5.41) is 3.33. The van der Waals surface area contributed by atoms with Crippen molar-refractivity contribution in [1.82, 2.24) is 5.32 Å². The van der Waals surface area contributed by atoms with Gasteiger partial charge in [-0.15, -0.1) is 0 Å². The smallest absolute Gasteiger partial charge is 0.00178 e. The van der Waals surface area contributed by atoms with Crippen molar-refractivity contribution in [1.29, 1.82) is 0 Å². The Labute approximate surface area is 68.6 Å². The lowest BCUT2D eigenvalue weighted by Gasteiger charge is -2.06. The van der Waals surface area contributed by atoms with Crippen LogP contribution in [0.25, 0.3) is 0 Å². The molecule has 3 aliphatic rings. The Morgan fingerprint density at radius 3 is 2.36 bits per heavy atom. The van der Waals surface area contributed by atoms with Crippen LogP contribution in [0.3, 0.4) is 0 Å². The molecular formula is C10H17N. The van der Waals surface area contributed by atoms with E-state index in [-0.39, 0.29) is 0 Å². The minimum Gasteiger partial charge on any atom is -0.319 e. The van der Waals surface area contributed by atoms with Crippen LogP contribution in [0, 0.1) is 29.6 Å². The van der Waals surface area contributed by atoms with Crippen LogP contribution in [0.15, 0.2) is 0 Å². The quantitative estimate of drug-likeness (QED) is 0.630. The summed E-state index contributed by atoms with van der Waals surface area (Å²) in [4.78, 5) is 0. The normalized spacial score (nSPS) is 58.1. The van der Waals surface area contributed by atoms with E-state index in [2.05, 4.69) is 12.4 Å². The Bertz CT molecular complexity index is 162. The highest BCUT2D eigenvalue weighted by Crippen LogP contribution is 2.69. The number of hydrogen-bond acceptors (Lipinski definition) is 1.